The van der Waals surface area contributed by atoms with Gasteiger partial charge in [-0.05, 0) is 37.7 Å². The second-order valence-electron chi connectivity index (χ2n) is 7.44. The lowest BCUT2D eigenvalue weighted by molar-refractivity contribution is 0.624. The summed E-state index contributed by atoms with van der Waals surface area (Å²) in [7, 11) is 0.373. The van der Waals surface area contributed by atoms with Crippen LogP contribution in [0.5, 0.6) is 0 Å². The fraction of sp³-hybridized carbons (Fsp3) is 1.00. The van der Waals surface area contributed by atoms with Crippen LogP contribution >= 0.6 is 7.92 Å². The van der Waals surface area contributed by atoms with Crippen molar-refractivity contribution in [1.82, 2.24) is 0 Å². The highest BCUT2D eigenvalue weighted by atomic mass is 31.1. The molecular weight excluding hydrogens is 295 g/mol. The number of hydrogen-bond acceptors (Lipinski definition) is 0. The third kappa shape index (κ3) is 18.6. The predicted molar refractivity (Wildman–Crippen MR) is 112 cm³/mol. The summed E-state index contributed by atoms with van der Waals surface area (Å²) in [6, 6.07) is 0. The van der Waals surface area contributed by atoms with Crippen molar-refractivity contribution in [3.05, 3.63) is 0 Å². The van der Waals surface area contributed by atoms with Gasteiger partial charge >= 0.3 is 0 Å². The third-order valence-corrected chi connectivity index (χ3v) is 7.83. The average Bonchev–Trinajstić information content (AvgIpc) is 2.56. The van der Waals surface area contributed by atoms with E-state index in [1.54, 1.807) is 18.5 Å². The van der Waals surface area contributed by atoms with Crippen LogP contribution in [0.4, 0.5) is 0 Å². The van der Waals surface area contributed by atoms with Crippen LogP contribution in [0.2, 0.25) is 0 Å². The zero-order chi connectivity index (χ0) is 17.0. The van der Waals surface area contributed by atoms with Crippen LogP contribution in [0.15, 0.2) is 0 Å². The maximum Gasteiger partial charge on any atom is -0.0326 e. The lowest BCUT2D eigenvalue weighted by atomic mass is 10.1. The third-order valence-electron chi connectivity index (χ3n) is 4.98. The van der Waals surface area contributed by atoms with Crippen LogP contribution in [0.25, 0.3) is 0 Å². The van der Waals surface area contributed by atoms with Crippen molar-refractivity contribution in [2.24, 2.45) is 0 Å². The molecule has 0 aliphatic rings. The Kier molecular flexibility index (Phi) is 20.9. The van der Waals surface area contributed by atoms with Gasteiger partial charge in [0.15, 0.2) is 0 Å². The highest BCUT2D eigenvalue weighted by Crippen LogP contribution is 2.39. The highest BCUT2D eigenvalue weighted by Gasteiger charge is 2.07. The van der Waals surface area contributed by atoms with Crippen LogP contribution in [-0.2, 0) is 0 Å². The standard InChI is InChI=1S/C22H47P/c1-4-7-10-13-16-19-22-23(20-17-14-11-8-5-2)21-18-15-12-9-6-3/h4-22H2,1-3H3. The normalized spacial score (nSPS) is 11.5. The largest absolute Gasteiger partial charge is 0.107 e. The Balaban J connectivity index is 3.73. The van der Waals surface area contributed by atoms with Crippen molar-refractivity contribution in [3.63, 3.8) is 0 Å². The quantitative estimate of drug-likeness (QED) is 0.162. The van der Waals surface area contributed by atoms with Gasteiger partial charge in [0.25, 0.3) is 0 Å². The molecule has 0 aromatic heterocycles. The fourth-order valence-electron chi connectivity index (χ4n) is 3.33. The second kappa shape index (κ2) is 20.5. The summed E-state index contributed by atoms with van der Waals surface area (Å²) in [6.07, 6.45) is 28.2. The molecule has 0 saturated carbocycles. The van der Waals surface area contributed by atoms with Gasteiger partial charge in [0.1, 0.15) is 0 Å². The Morgan fingerprint density at radius 1 is 0.348 bits per heavy atom. The van der Waals surface area contributed by atoms with Crippen molar-refractivity contribution in [1.29, 1.82) is 0 Å². The molecule has 0 aromatic rings. The molecule has 0 heterocycles. The Morgan fingerprint density at radius 3 is 0.913 bits per heavy atom. The molecule has 0 atom stereocenters. The monoisotopic (exact) mass is 342 g/mol. The van der Waals surface area contributed by atoms with E-state index < -0.39 is 0 Å². The first-order chi connectivity index (χ1) is 11.3. The van der Waals surface area contributed by atoms with E-state index in [1.807, 2.05) is 0 Å². The molecule has 0 saturated heterocycles. The van der Waals surface area contributed by atoms with Crippen LogP contribution < -0.4 is 0 Å². The molecule has 0 aliphatic carbocycles. The molecule has 0 nitrogen and oxygen atoms in total. The van der Waals surface area contributed by atoms with E-state index in [2.05, 4.69) is 20.8 Å². The second-order valence-corrected chi connectivity index (χ2v) is 10.1. The SMILES string of the molecule is CCCCCCCCP(CCCCCCC)CCCCCCC. The maximum absolute atomic E-state index is 2.32. The van der Waals surface area contributed by atoms with Crippen LogP contribution in [0.3, 0.4) is 0 Å². The molecule has 0 N–H and O–H groups in total. The minimum atomic E-state index is 0.373. The minimum Gasteiger partial charge on any atom is -0.107 e. The molecule has 0 bridgehead atoms. The van der Waals surface area contributed by atoms with Crippen molar-refractivity contribution in [2.45, 2.75) is 124 Å². The van der Waals surface area contributed by atoms with Gasteiger partial charge in [0.2, 0.25) is 0 Å². The van der Waals surface area contributed by atoms with E-state index in [4.69, 9.17) is 0 Å². The van der Waals surface area contributed by atoms with E-state index in [-0.39, 0.29) is 0 Å². The molecule has 0 aliphatic heterocycles. The van der Waals surface area contributed by atoms with Crippen molar-refractivity contribution in [3.8, 4) is 0 Å². The van der Waals surface area contributed by atoms with Crippen LogP contribution in [0, 0.1) is 0 Å². The first-order valence-corrected chi connectivity index (χ1v) is 13.0. The van der Waals surface area contributed by atoms with E-state index in [1.165, 1.54) is 103 Å². The Hall–Kier alpha value is 0.430. The van der Waals surface area contributed by atoms with E-state index in [0.29, 0.717) is 7.92 Å². The van der Waals surface area contributed by atoms with E-state index in [9.17, 15) is 0 Å². The lowest BCUT2D eigenvalue weighted by Gasteiger charge is -2.18. The smallest absolute Gasteiger partial charge is 0.0326 e. The van der Waals surface area contributed by atoms with Gasteiger partial charge in [-0.1, -0.05) is 104 Å². The molecule has 1 heteroatoms. The van der Waals surface area contributed by atoms with Crippen molar-refractivity contribution in [2.75, 3.05) is 18.5 Å². The first-order valence-electron chi connectivity index (χ1n) is 11.1. The van der Waals surface area contributed by atoms with Gasteiger partial charge in [-0.25, -0.2) is 0 Å². The molecule has 0 aromatic carbocycles. The molecule has 0 amide bonds. The lowest BCUT2D eigenvalue weighted by Crippen LogP contribution is -1.97. The van der Waals surface area contributed by atoms with Gasteiger partial charge in [-0.3, -0.25) is 0 Å². The van der Waals surface area contributed by atoms with E-state index >= 15 is 0 Å². The summed E-state index contributed by atoms with van der Waals surface area (Å²) in [5.74, 6) is 0. The number of unbranched alkanes of at least 4 members (excludes halogenated alkanes) is 13. The predicted octanol–water partition coefficient (Wildman–Crippen LogP) is 8.77. The zero-order valence-corrected chi connectivity index (χ0v) is 17.8. The number of rotatable bonds is 19. The van der Waals surface area contributed by atoms with Gasteiger partial charge in [0.05, 0.1) is 0 Å². The Morgan fingerprint density at radius 2 is 0.609 bits per heavy atom. The van der Waals surface area contributed by atoms with Crippen LogP contribution in [0.1, 0.15) is 124 Å². The molecule has 140 valence electrons. The molecule has 0 radical (unpaired) electrons. The Labute approximate surface area is 150 Å². The zero-order valence-electron chi connectivity index (χ0n) is 16.9. The van der Waals surface area contributed by atoms with Crippen molar-refractivity contribution < 1.29 is 0 Å². The minimum absolute atomic E-state index is 0.373. The van der Waals surface area contributed by atoms with Gasteiger partial charge in [-0.2, -0.15) is 0 Å². The summed E-state index contributed by atoms with van der Waals surface area (Å²) >= 11 is 0. The van der Waals surface area contributed by atoms with Crippen molar-refractivity contribution >= 4 is 7.92 Å². The summed E-state index contributed by atoms with van der Waals surface area (Å²) in [5.41, 5.74) is 0. The van der Waals surface area contributed by atoms with Crippen LogP contribution in [-0.4, -0.2) is 18.5 Å². The first kappa shape index (κ1) is 23.4. The molecule has 0 unspecified atom stereocenters. The number of hydrogen-bond donors (Lipinski definition) is 0. The molecular formula is C22H47P. The van der Waals surface area contributed by atoms with Gasteiger partial charge in [0, 0.05) is 0 Å². The molecule has 0 spiro atoms. The van der Waals surface area contributed by atoms with E-state index in [0.717, 1.165) is 0 Å². The summed E-state index contributed by atoms with van der Waals surface area (Å²) in [4.78, 5) is 0. The fourth-order valence-corrected chi connectivity index (χ4v) is 6.01. The summed E-state index contributed by atoms with van der Waals surface area (Å²) in [6.45, 7) is 6.96. The molecule has 23 heavy (non-hydrogen) atoms. The Bertz CT molecular complexity index is 188. The van der Waals surface area contributed by atoms with Gasteiger partial charge in [-0.15, -0.1) is 7.92 Å². The van der Waals surface area contributed by atoms with Gasteiger partial charge < -0.3 is 0 Å². The summed E-state index contributed by atoms with van der Waals surface area (Å²) in [5, 5.41) is 0. The highest BCUT2D eigenvalue weighted by molar-refractivity contribution is 7.57. The maximum atomic E-state index is 2.32. The average molecular weight is 343 g/mol. The summed E-state index contributed by atoms with van der Waals surface area (Å²) < 4.78 is 0. The topological polar surface area (TPSA) is 0 Å². The molecule has 0 rings (SSSR count). The molecule has 0 fully saturated rings.